The first-order valence-corrected chi connectivity index (χ1v) is 12.6. The largest absolute Gasteiger partial charge is 0.508 e. The number of aromatic nitrogens is 1. The molecule has 0 spiro atoms. The molecule has 2 heterocycles. The van der Waals surface area contributed by atoms with Crippen LogP contribution in [0.3, 0.4) is 0 Å². The predicted octanol–water partition coefficient (Wildman–Crippen LogP) is 5.40. The zero-order chi connectivity index (χ0) is 28.7. The number of esters is 2. The summed E-state index contributed by atoms with van der Waals surface area (Å²) in [5.74, 6) is -1.15. The van der Waals surface area contributed by atoms with Gasteiger partial charge in [-0.2, -0.15) is 0 Å². The van der Waals surface area contributed by atoms with Crippen LogP contribution >= 0.6 is 0 Å². The molecule has 1 aliphatic rings. The van der Waals surface area contributed by atoms with Crippen LogP contribution in [0.25, 0.3) is 5.57 Å². The lowest BCUT2D eigenvalue weighted by atomic mass is 9.87. The van der Waals surface area contributed by atoms with E-state index in [4.69, 9.17) is 9.47 Å². The van der Waals surface area contributed by atoms with Crippen LogP contribution in [-0.2, 0) is 14.3 Å². The minimum atomic E-state index is -2.97. The van der Waals surface area contributed by atoms with Gasteiger partial charge >= 0.3 is 19.3 Å². The first-order valence-electron chi connectivity index (χ1n) is 12.6. The Bertz CT molecular complexity index is 1350. The minimum absolute atomic E-state index is 0.0386. The molecule has 2 N–H and O–H groups in total. The summed E-state index contributed by atoms with van der Waals surface area (Å²) in [7, 11) is -2.97. The van der Waals surface area contributed by atoms with E-state index in [9.17, 15) is 23.3 Å². The number of carbonyl (C=O) groups is 2. The van der Waals surface area contributed by atoms with Gasteiger partial charge in [-0.15, -0.1) is 0 Å². The number of hydrogen-bond donors (Lipinski definition) is 2. The highest BCUT2D eigenvalue weighted by Gasteiger charge is 2.41. The van der Waals surface area contributed by atoms with E-state index in [-0.39, 0.29) is 35.9 Å². The van der Waals surface area contributed by atoms with Gasteiger partial charge in [0.1, 0.15) is 5.75 Å². The summed E-state index contributed by atoms with van der Waals surface area (Å²) in [6.07, 6.45) is 0. The van der Waals surface area contributed by atoms with Crippen LogP contribution in [-0.4, -0.2) is 47.7 Å². The standard InChI is InChI=1S/C28H35BF2N2O5/c1-10-37-26(35)21-16(5)25(33(18(21)7)29(30)31)22(20-14(3)12-19(34)13-15(20)4)24-17(6)23(27(36)38-11-2)28(8,9)32-24/h12-13,32,34H,10-11H2,1-9H3/q-1/b24-22-. The molecule has 1 aromatic heterocycles. The first kappa shape index (κ1) is 29.0. The number of allylic oxidation sites excluding steroid dienone is 1. The molecule has 0 saturated carbocycles. The lowest BCUT2D eigenvalue weighted by molar-refractivity contribution is -0.139. The average molecular weight is 528 g/mol. The van der Waals surface area contributed by atoms with Crippen LogP contribution in [0.4, 0.5) is 8.63 Å². The number of nitrogens with one attached hydrogen (secondary N) is 1. The van der Waals surface area contributed by atoms with Crippen LogP contribution in [0.15, 0.2) is 29.0 Å². The van der Waals surface area contributed by atoms with Crippen LogP contribution in [0.5, 0.6) is 5.75 Å². The summed E-state index contributed by atoms with van der Waals surface area (Å²) in [6, 6.07) is 3.11. The highest BCUT2D eigenvalue weighted by Crippen LogP contribution is 2.44. The molecule has 1 aromatic carbocycles. The Morgan fingerprint density at radius 3 is 2.00 bits per heavy atom. The van der Waals surface area contributed by atoms with Gasteiger partial charge in [-0.25, -0.2) is 9.59 Å². The molecule has 0 amide bonds. The lowest BCUT2D eigenvalue weighted by Gasteiger charge is -2.28. The van der Waals surface area contributed by atoms with Gasteiger partial charge in [0, 0.05) is 17.0 Å². The van der Waals surface area contributed by atoms with E-state index in [2.05, 4.69) is 5.32 Å². The van der Waals surface area contributed by atoms with E-state index >= 15 is 0 Å². The third-order valence-corrected chi connectivity index (χ3v) is 6.92. The van der Waals surface area contributed by atoms with E-state index in [1.54, 1.807) is 53.7 Å². The van der Waals surface area contributed by atoms with Crippen molar-refractivity contribution in [3.63, 3.8) is 0 Å². The molecule has 0 saturated heterocycles. The number of phenols is 1. The topological polar surface area (TPSA) is 89.8 Å². The number of benzene rings is 1. The van der Waals surface area contributed by atoms with Gasteiger partial charge in [-0.05, 0) is 108 Å². The third-order valence-electron chi connectivity index (χ3n) is 6.92. The fraction of sp³-hybridized carbons (Fsp3) is 0.429. The monoisotopic (exact) mass is 528 g/mol. The Labute approximate surface area is 222 Å². The molecule has 7 nitrogen and oxygen atoms in total. The third kappa shape index (κ3) is 4.84. The Morgan fingerprint density at radius 2 is 1.50 bits per heavy atom. The Kier molecular flexibility index (Phi) is 8.14. The maximum atomic E-state index is 14.8. The average Bonchev–Trinajstić information content (AvgIpc) is 3.18. The molecule has 2 aromatic rings. The van der Waals surface area contributed by atoms with Gasteiger partial charge in [0.15, 0.2) is 0 Å². The van der Waals surface area contributed by atoms with E-state index in [0.29, 0.717) is 44.7 Å². The quantitative estimate of drug-likeness (QED) is 0.370. The van der Waals surface area contributed by atoms with Crippen molar-refractivity contribution in [3.8, 4) is 5.75 Å². The molecule has 10 heteroatoms. The van der Waals surface area contributed by atoms with Crippen molar-refractivity contribution in [2.45, 2.75) is 67.9 Å². The van der Waals surface area contributed by atoms with E-state index in [1.165, 1.54) is 6.92 Å². The normalized spacial score (nSPS) is 16.1. The molecule has 0 atom stereocenters. The minimum Gasteiger partial charge on any atom is -0.508 e. The van der Waals surface area contributed by atoms with Crippen LogP contribution in [0, 0.1) is 27.7 Å². The van der Waals surface area contributed by atoms with Crippen LogP contribution in [0.2, 0.25) is 0 Å². The molecule has 205 valence electrons. The zero-order valence-corrected chi connectivity index (χ0v) is 23.4. The van der Waals surface area contributed by atoms with Gasteiger partial charge in [0.2, 0.25) is 0 Å². The van der Waals surface area contributed by atoms with Crippen molar-refractivity contribution in [1.29, 1.82) is 0 Å². The summed E-state index contributed by atoms with van der Waals surface area (Å²) in [5.41, 5.74) is 3.39. The van der Waals surface area contributed by atoms with E-state index in [0.717, 1.165) is 4.48 Å². The summed E-state index contributed by atoms with van der Waals surface area (Å²) >= 11 is 0. The smallest absolute Gasteiger partial charge is 0.341 e. The van der Waals surface area contributed by atoms with Crippen molar-refractivity contribution in [2.75, 3.05) is 13.2 Å². The second kappa shape index (κ2) is 10.7. The second-order valence-electron chi connectivity index (χ2n) is 9.98. The van der Waals surface area contributed by atoms with Crippen molar-refractivity contribution >= 4 is 24.9 Å². The number of aryl methyl sites for hydroxylation is 2. The lowest BCUT2D eigenvalue weighted by Crippen LogP contribution is -2.38. The van der Waals surface area contributed by atoms with Crippen molar-refractivity contribution in [3.05, 3.63) is 68.2 Å². The number of ether oxygens (including phenoxy) is 2. The highest BCUT2D eigenvalue weighted by atomic mass is 19.2. The molecule has 0 bridgehead atoms. The Morgan fingerprint density at radius 1 is 0.974 bits per heavy atom. The van der Waals surface area contributed by atoms with E-state index < -0.39 is 24.9 Å². The molecular weight excluding hydrogens is 493 g/mol. The van der Waals surface area contributed by atoms with Crippen molar-refractivity contribution in [1.82, 2.24) is 9.79 Å². The molecule has 38 heavy (non-hydrogen) atoms. The number of halogens is 2. The Balaban J connectivity index is 2.58. The SMILES string of the molecule is CCOC(=O)C1=C(C)/C(=C(\c2c(C)cc(O)cc2C)c2c(C)c(C(=O)OCC)c(C)n2[B-](F)F)NC1(C)C. The summed E-state index contributed by atoms with van der Waals surface area (Å²) in [5, 5.41) is 13.6. The molecule has 0 fully saturated rings. The molecule has 1 aliphatic heterocycles. The Hall–Kier alpha value is -3.56. The molecule has 3 rings (SSSR count). The van der Waals surface area contributed by atoms with Gasteiger partial charge < -0.3 is 33.0 Å². The number of aromatic hydroxyl groups is 1. The van der Waals surface area contributed by atoms with Crippen LogP contribution in [0.1, 0.15) is 78.6 Å². The van der Waals surface area contributed by atoms with Crippen LogP contribution < -0.4 is 5.32 Å². The fourth-order valence-corrected chi connectivity index (χ4v) is 5.54. The maximum Gasteiger partial charge on any atom is 0.341 e. The maximum absolute atomic E-state index is 14.8. The molecule has 1 radical (unpaired) electrons. The van der Waals surface area contributed by atoms with Gasteiger partial charge in [-0.1, -0.05) is 0 Å². The fourth-order valence-electron chi connectivity index (χ4n) is 5.54. The first-order chi connectivity index (χ1) is 17.7. The van der Waals surface area contributed by atoms with Gasteiger partial charge in [-0.3, -0.25) is 0 Å². The second-order valence-corrected chi connectivity index (χ2v) is 9.98. The number of nitrogens with zero attached hydrogens (tertiary/aromatic N) is 1. The number of carbonyl (C=O) groups excluding carboxylic acids is 2. The molecule has 0 aliphatic carbocycles. The summed E-state index contributed by atoms with van der Waals surface area (Å²) < 4.78 is 40.9. The van der Waals surface area contributed by atoms with Gasteiger partial charge in [0.25, 0.3) is 0 Å². The zero-order valence-electron chi connectivity index (χ0n) is 23.4. The number of phenolic OH excluding ortho intramolecular Hbond substituents is 1. The number of hydrogen-bond acceptors (Lipinski definition) is 6. The van der Waals surface area contributed by atoms with Crippen molar-refractivity contribution < 1.29 is 32.8 Å². The molecule has 0 unspecified atom stereocenters. The van der Waals surface area contributed by atoms with Crippen molar-refractivity contribution in [2.24, 2.45) is 0 Å². The highest BCUT2D eigenvalue weighted by molar-refractivity contribution is 6.42. The number of rotatable bonds is 7. The van der Waals surface area contributed by atoms with E-state index in [1.807, 2.05) is 13.8 Å². The van der Waals surface area contributed by atoms with Gasteiger partial charge in [0.05, 0.1) is 29.9 Å². The summed E-state index contributed by atoms with van der Waals surface area (Å²) in [4.78, 5) is 25.9. The predicted molar refractivity (Wildman–Crippen MR) is 143 cm³/mol. The summed E-state index contributed by atoms with van der Waals surface area (Å²) in [6.45, 7) is 15.7. The molecular formula is C28H35BF2N2O5-.